The van der Waals surface area contributed by atoms with Gasteiger partial charge in [-0.1, -0.05) is 6.07 Å². The van der Waals surface area contributed by atoms with E-state index in [4.69, 9.17) is 10.8 Å². The monoisotopic (exact) mass is 219 g/mol. The predicted molar refractivity (Wildman–Crippen MR) is 61.8 cm³/mol. The lowest BCUT2D eigenvalue weighted by molar-refractivity contribution is 0.0696. The molecular formula is C11H13N3O2. The second kappa shape index (κ2) is 3.84. The first-order chi connectivity index (χ1) is 7.61. The van der Waals surface area contributed by atoms with E-state index in [1.807, 2.05) is 11.9 Å². The molecule has 0 atom stereocenters. The summed E-state index contributed by atoms with van der Waals surface area (Å²) in [7, 11) is 1.88. The van der Waals surface area contributed by atoms with Gasteiger partial charge in [-0.05, 0) is 12.1 Å². The Morgan fingerprint density at radius 2 is 2.31 bits per heavy atom. The number of rotatable bonds is 2. The Kier molecular flexibility index (Phi) is 2.52. The van der Waals surface area contributed by atoms with Crippen LogP contribution >= 0.6 is 0 Å². The number of nitrogen functional groups attached to an aromatic ring is 1. The molecular weight excluding hydrogens is 206 g/mol. The first-order valence-electron chi connectivity index (χ1n) is 4.99. The molecule has 0 amide bonds. The fourth-order valence-electron chi connectivity index (χ4n) is 1.80. The summed E-state index contributed by atoms with van der Waals surface area (Å²) < 4.78 is 0. The van der Waals surface area contributed by atoms with Gasteiger partial charge in [-0.15, -0.1) is 0 Å². The van der Waals surface area contributed by atoms with Crippen LogP contribution in [0.2, 0.25) is 0 Å². The Morgan fingerprint density at radius 3 is 2.88 bits per heavy atom. The quantitative estimate of drug-likeness (QED) is 0.716. The van der Waals surface area contributed by atoms with Crippen LogP contribution in [0.3, 0.4) is 0 Å². The molecule has 3 N–H and O–H groups in total. The van der Waals surface area contributed by atoms with Crippen LogP contribution < -0.4 is 5.73 Å². The number of carboxylic acids is 1. The summed E-state index contributed by atoms with van der Waals surface area (Å²) >= 11 is 0. The summed E-state index contributed by atoms with van der Waals surface area (Å²) in [6, 6.07) is 4.87. The molecule has 0 unspecified atom stereocenters. The summed E-state index contributed by atoms with van der Waals surface area (Å²) in [5.74, 6) is -0.319. The van der Waals surface area contributed by atoms with E-state index in [1.165, 1.54) is 0 Å². The molecule has 0 radical (unpaired) electrons. The lowest BCUT2D eigenvalue weighted by Crippen LogP contribution is -2.26. The SMILES string of the molecule is CN1CCN=C1c1c(N)cccc1C(=O)O. The Morgan fingerprint density at radius 1 is 1.56 bits per heavy atom. The van der Waals surface area contributed by atoms with Crippen LogP contribution in [-0.4, -0.2) is 41.9 Å². The van der Waals surface area contributed by atoms with Crippen molar-refractivity contribution in [1.82, 2.24) is 4.90 Å². The van der Waals surface area contributed by atoms with Crippen molar-refractivity contribution in [3.8, 4) is 0 Å². The molecule has 2 rings (SSSR count). The zero-order valence-electron chi connectivity index (χ0n) is 8.97. The van der Waals surface area contributed by atoms with Gasteiger partial charge in [0, 0.05) is 19.3 Å². The van der Waals surface area contributed by atoms with Crippen molar-refractivity contribution in [1.29, 1.82) is 0 Å². The molecule has 0 aromatic heterocycles. The third-order valence-corrected chi connectivity index (χ3v) is 2.61. The predicted octanol–water partition coefficient (Wildman–Crippen LogP) is 0.659. The van der Waals surface area contributed by atoms with E-state index in [0.717, 1.165) is 6.54 Å². The Hall–Kier alpha value is -2.04. The van der Waals surface area contributed by atoms with Gasteiger partial charge in [0.15, 0.2) is 0 Å². The Labute approximate surface area is 93.2 Å². The second-order valence-electron chi connectivity index (χ2n) is 3.70. The van der Waals surface area contributed by atoms with Gasteiger partial charge in [0.25, 0.3) is 0 Å². The summed E-state index contributed by atoms with van der Waals surface area (Å²) in [5.41, 5.74) is 7.01. The number of carbonyl (C=O) groups is 1. The van der Waals surface area contributed by atoms with E-state index in [9.17, 15) is 4.79 Å². The molecule has 1 aliphatic heterocycles. The van der Waals surface area contributed by atoms with Crippen molar-refractivity contribution in [2.75, 3.05) is 25.9 Å². The van der Waals surface area contributed by atoms with Gasteiger partial charge in [0.1, 0.15) is 5.84 Å². The maximum Gasteiger partial charge on any atom is 0.336 e. The van der Waals surface area contributed by atoms with Crippen molar-refractivity contribution >= 4 is 17.5 Å². The number of likely N-dealkylation sites (N-methyl/N-ethyl adjacent to an activating group) is 1. The third kappa shape index (κ3) is 1.60. The number of benzene rings is 1. The smallest absolute Gasteiger partial charge is 0.336 e. The van der Waals surface area contributed by atoms with Gasteiger partial charge in [-0.3, -0.25) is 4.99 Å². The van der Waals surface area contributed by atoms with Gasteiger partial charge in [-0.2, -0.15) is 0 Å². The summed E-state index contributed by atoms with van der Waals surface area (Å²) in [5, 5.41) is 9.11. The van der Waals surface area contributed by atoms with E-state index >= 15 is 0 Å². The minimum Gasteiger partial charge on any atom is -0.478 e. The fraction of sp³-hybridized carbons (Fsp3) is 0.273. The molecule has 1 aromatic carbocycles. The molecule has 0 spiro atoms. The number of hydrogen-bond acceptors (Lipinski definition) is 4. The van der Waals surface area contributed by atoms with Crippen LogP contribution in [0.4, 0.5) is 5.69 Å². The maximum absolute atomic E-state index is 11.1. The van der Waals surface area contributed by atoms with Crippen molar-refractivity contribution in [3.05, 3.63) is 29.3 Å². The van der Waals surface area contributed by atoms with Gasteiger partial charge in [0.2, 0.25) is 0 Å². The number of nitrogens with zero attached hydrogens (tertiary/aromatic N) is 2. The summed E-state index contributed by atoms with van der Waals surface area (Å²) in [6.07, 6.45) is 0. The lowest BCUT2D eigenvalue weighted by atomic mass is 10.0. The molecule has 1 heterocycles. The number of nitrogens with two attached hydrogens (primary N) is 1. The molecule has 16 heavy (non-hydrogen) atoms. The lowest BCUT2D eigenvalue weighted by Gasteiger charge is -2.17. The van der Waals surface area contributed by atoms with Gasteiger partial charge in [0.05, 0.1) is 17.7 Å². The van der Waals surface area contributed by atoms with Crippen LogP contribution in [0.15, 0.2) is 23.2 Å². The van der Waals surface area contributed by atoms with Crippen LogP contribution in [0.25, 0.3) is 0 Å². The van der Waals surface area contributed by atoms with E-state index in [0.29, 0.717) is 23.6 Å². The van der Waals surface area contributed by atoms with Crippen molar-refractivity contribution in [2.45, 2.75) is 0 Å². The standard InChI is InChI=1S/C11H13N3O2/c1-14-6-5-13-10(14)9-7(11(15)16)3-2-4-8(9)12/h2-4H,5-6,12H2,1H3,(H,15,16). The van der Waals surface area contributed by atoms with Crippen LogP contribution in [0.1, 0.15) is 15.9 Å². The van der Waals surface area contributed by atoms with Crippen molar-refractivity contribution in [3.63, 3.8) is 0 Å². The molecule has 84 valence electrons. The molecule has 0 saturated heterocycles. The van der Waals surface area contributed by atoms with E-state index < -0.39 is 5.97 Å². The largest absolute Gasteiger partial charge is 0.478 e. The molecule has 1 aliphatic rings. The highest BCUT2D eigenvalue weighted by Crippen LogP contribution is 2.21. The molecule has 5 heteroatoms. The molecule has 0 bridgehead atoms. The minimum absolute atomic E-state index is 0.201. The first kappa shape index (κ1) is 10.5. The van der Waals surface area contributed by atoms with Crippen LogP contribution in [0.5, 0.6) is 0 Å². The Balaban J connectivity index is 2.58. The number of carboxylic acid groups (broad SMARTS) is 1. The molecule has 5 nitrogen and oxygen atoms in total. The number of hydrogen-bond donors (Lipinski definition) is 2. The second-order valence-corrected chi connectivity index (χ2v) is 3.70. The average molecular weight is 219 g/mol. The third-order valence-electron chi connectivity index (χ3n) is 2.61. The number of aromatic carboxylic acids is 1. The van der Waals surface area contributed by atoms with Crippen molar-refractivity contribution < 1.29 is 9.90 Å². The summed E-state index contributed by atoms with van der Waals surface area (Å²) in [6.45, 7) is 1.47. The van der Waals surface area contributed by atoms with E-state index in [1.54, 1.807) is 18.2 Å². The van der Waals surface area contributed by atoms with E-state index in [2.05, 4.69) is 4.99 Å². The minimum atomic E-state index is -0.981. The van der Waals surface area contributed by atoms with Gasteiger partial charge < -0.3 is 15.7 Å². The zero-order valence-corrected chi connectivity index (χ0v) is 8.97. The maximum atomic E-state index is 11.1. The van der Waals surface area contributed by atoms with Crippen LogP contribution in [-0.2, 0) is 0 Å². The molecule has 0 saturated carbocycles. The summed E-state index contributed by atoms with van der Waals surface area (Å²) in [4.78, 5) is 17.3. The average Bonchev–Trinajstić information content (AvgIpc) is 2.64. The fourth-order valence-corrected chi connectivity index (χ4v) is 1.80. The molecule has 0 aliphatic carbocycles. The highest BCUT2D eigenvalue weighted by atomic mass is 16.4. The number of aliphatic imine (C=N–C) groups is 1. The Bertz CT molecular complexity index is 468. The molecule has 0 fully saturated rings. The highest BCUT2D eigenvalue weighted by Gasteiger charge is 2.22. The topological polar surface area (TPSA) is 78.9 Å². The molecule has 1 aromatic rings. The van der Waals surface area contributed by atoms with Crippen LogP contribution in [0, 0.1) is 0 Å². The first-order valence-corrected chi connectivity index (χ1v) is 4.99. The highest BCUT2D eigenvalue weighted by molar-refractivity contribution is 6.11. The van der Waals surface area contributed by atoms with Gasteiger partial charge in [-0.25, -0.2) is 4.79 Å². The number of amidine groups is 1. The van der Waals surface area contributed by atoms with Crippen molar-refractivity contribution in [2.24, 2.45) is 4.99 Å². The normalized spacial score (nSPS) is 15.1. The number of anilines is 1. The van der Waals surface area contributed by atoms with Gasteiger partial charge >= 0.3 is 5.97 Å². The zero-order chi connectivity index (χ0) is 11.7. The van der Waals surface area contributed by atoms with E-state index in [-0.39, 0.29) is 5.56 Å².